The van der Waals surface area contributed by atoms with Crippen LogP contribution in [0.4, 0.5) is 17.1 Å². The van der Waals surface area contributed by atoms with Gasteiger partial charge in [0.15, 0.2) is 0 Å². The Hall–Kier alpha value is -8.17. The van der Waals surface area contributed by atoms with Crippen molar-refractivity contribution in [3.63, 3.8) is 0 Å². The largest absolute Gasteiger partial charge is 0.481 e. The van der Waals surface area contributed by atoms with Crippen molar-refractivity contribution in [2.45, 2.75) is 47.3 Å². The summed E-state index contributed by atoms with van der Waals surface area (Å²) in [5.74, 6) is -4.19. The number of carbonyl (C=O) groups is 7. The molecule has 0 fully saturated rings. The molecular formula is C45H51N9O11. The van der Waals surface area contributed by atoms with E-state index >= 15 is 0 Å². The Morgan fingerprint density at radius 3 is 1.38 bits per heavy atom. The maximum absolute atomic E-state index is 14.1. The smallest absolute Gasteiger partial charge is 0.300 e. The van der Waals surface area contributed by atoms with Gasteiger partial charge in [0.2, 0.25) is 11.6 Å². The lowest BCUT2D eigenvalue weighted by molar-refractivity contribution is -0.135. The van der Waals surface area contributed by atoms with Crippen molar-refractivity contribution in [2.75, 3.05) is 22.4 Å². The third-order valence-corrected chi connectivity index (χ3v) is 8.40. The highest BCUT2D eigenvalue weighted by Crippen LogP contribution is 2.31. The molecule has 6 rings (SSSR count). The second kappa shape index (κ2) is 26.3. The first kappa shape index (κ1) is 53.0. The molecule has 4 aromatic rings. The number of allylic oxidation sites excluding steroid dienone is 2. The first-order valence-electron chi connectivity index (χ1n) is 19.3. The lowest BCUT2D eigenvalue weighted by atomic mass is 9.93. The Bertz CT molecular complexity index is 2450. The van der Waals surface area contributed by atoms with E-state index in [4.69, 9.17) is 62.5 Å². The second-order valence-corrected chi connectivity index (χ2v) is 13.3. The lowest BCUT2D eigenvalue weighted by Gasteiger charge is -2.25. The molecule has 0 spiro atoms. The summed E-state index contributed by atoms with van der Waals surface area (Å²) < 4.78 is 0. The molecule has 2 aliphatic carbocycles. The van der Waals surface area contributed by atoms with Crippen LogP contribution in [0.3, 0.4) is 0 Å². The molecule has 4 aromatic carbocycles. The topological polar surface area (TPSA) is 357 Å². The standard InChI is InChI=1S/C37H35N9O3.4C2H4O2/c38-18-24-17-29(30(19-39)31(20-40)34(24)43-45-36-28-8-4-2-6-23(28)10-16-33(36)48)37(49)46(21-41)26-13-11-25(12-14-26)42-44-35-27-7-3-1-5-22(27)9-15-32(35)47;4*1-2(3)4/h1-17,42-43H,18-21,38-41H2;4*1H3,(H,3,4)/b44-35-,45-36-;;;;. The molecule has 0 aromatic heterocycles. The molecule has 20 heteroatoms. The highest BCUT2D eigenvalue weighted by atomic mass is 16.4. The van der Waals surface area contributed by atoms with Crippen molar-refractivity contribution in [1.29, 1.82) is 0 Å². The Kier molecular flexibility index (Phi) is 21.5. The molecule has 342 valence electrons. The molecule has 0 saturated carbocycles. The Balaban J connectivity index is 0.000000786. The van der Waals surface area contributed by atoms with Gasteiger partial charge >= 0.3 is 0 Å². The van der Waals surface area contributed by atoms with Gasteiger partial charge in [-0.1, -0.05) is 60.7 Å². The fraction of sp³-hybridized carbons (Fsp3) is 0.178. The summed E-state index contributed by atoms with van der Waals surface area (Å²) in [5, 5.41) is 38.5. The number of nitrogens with zero attached hydrogens (tertiary/aromatic N) is 3. The molecule has 1 amide bonds. The zero-order chi connectivity index (χ0) is 48.8. The van der Waals surface area contributed by atoms with Gasteiger partial charge < -0.3 is 43.4 Å². The fourth-order valence-corrected chi connectivity index (χ4v) is 5.89. The fourth-order valence-electron chi connectivity index (χ4n) is 5.89. The van der Waals surface area contributed by atoms with Crippen LogP contribution in [-0.2, 0) is 48.4 Å². The highest BCUT2D eigenvalue weighted by molar-refractivity contribution is 6.52. The van der Waals surface area contributed by atoms with Gasteiger partial charge in [-0.05, 0) is 70.3 Å². The van der Waals surface area contributed by atoms with E-state index in [-0.39, 0.29) is 43.6 Å². The zero-order valence-corrected chi connectivity index (χ0v) is 35.9. The molecule has 0 radical (unpaired) electrons. The minimum absolute atomic E-state index is 0.00709. The van der Waals surface area contributed by atoms with Gasteiger partial charge in [-0.2, -0.15) is 10.2 Å². The maximum atomic E-state index is 14.1. The normalized spacial score (nSPS) is 12.8. The van der Waals surface area contributed by atoms with Crippen molar-refractivity contribution in [1.82, 2.24) is 0 Å². The monoisotopic (exact) mass is 893 g/mol. The zero-order valence-electron chi connectivity index (χ0n) is 35.9. The summed E-state index contributed by atoms with van der Waals surface area (Å²) in [6, 6.07) is 23.5. The number of carboxylic acids is 4. The number of ketones is 2. The summed E-state index contributed by atoms with van der Waals surface area (Å²) in [7, 11) is 0. The Morgan fingerprint density at radius 1 is 0.569 bits per heavy atom. The molecule has 0 bridgehead atoms. The summed E-state index contributed by atoms with van der Waals surface area (Å²) in [5.41, 5.74) is 38.0. The number of carbonyl (C=O) groups excluding carboxylic acids is 3. The number of hydrogen-bond acceptors (Lipinski definition) is 15. The predicted octanol–water partition coefficient (Wildman–Crippen LogP) is 3.81. The SMILES string of the molecule is CC(=O)O.CC(=O)O.CC(=O)O.CC(=O)O.NCc1cc(C(=O)N(CN)c2ccc(N/N=C3\C(=O)C=Cc4ccccc43)cc2)c(CN)c(CN)c1N/N=C1\C(=O)C=Cc2ccccc21. The Labute approximate surface area is 373 Å². The number of benzene rings is 4. The van der Waals surface area contributed by atoms with Gasteiger partial charge in [0.05, 0.1) is 18.0 Å². The molecule has 0 unspecified atom stereocenters. The van der Waals surface area contributed by atoms with Crippen molar-refractivity contribution >= 4 is 82.0 Å². The van der Waals surface area contributed by atoms with Crippen LogP contribution in [0.2, 0.25) is 0 Å². The van der Waals surface area contributed by atoms with Gasteiger partial charge in [0.1, 0.15) is 11.4 Å². The third-order valence-electron chi connectivity index (χ3n) is 8.40. The minimum Gasteiger partial charge on any atom is -0.481 e. The summed E-state index contributed by atoms with van der Waals surface area (Å²) in [6.45, 7) is 4.26. The van der Waals surface area contributed by atoms with E-state index < -0.39 is 29.8 Å². The maximum Gasteiger partial charge on any atom is 0.300 e. The Morgan fingerprint density at radius 2 is 0.985 bits per heavy atom. The molecule has 0 aliphatic heterocycles. The minimum atomic E-state index is -0.833. The number of hydrogen-bond donors (Lipinski definition) is 10. The van der Waals surface area contributed by atoms with E-state index in [2.05, 4.69) is 21.1 Å². The lowest BCUT2D eigenvalue weighted by Crippen LogP contribution is -2.37. The van der Waals surface area contributed by atoms with Crippen LogP contribution in [0.5, 0.6) is 0 Å². The second-order valence-electron chi connectivity index (χ2n) is 13.3. The summed E-state index contributed by atoms with van der Waals surface area (Å²) in [6.07, 6.45) is 6.47. The van der Waals surface area contributed by atoms with Gasteiger partial charge in [0.25, 0.3) is 29.8 Å². The molecule has 0 saturated heterocycles. The molecule has 65 heavy (non-hydrogen) atoms. The van der Waals surface area contributed by atoms with Crippen molar-refractivity contribution in [3.05, 3.63) is 136 Å². The van der Waals surface area contributed by atoms with Gasteiger partial charge in [-0.25, -0.2) is 0 Å². The first-order valence-corrected chi connectivity index (χ1v) is 19.3. The highest BCUT2D eigenvalue weighted by Gasteiger charge is 2.26. The van der Waals surface area contributed by atoms with Crippen LogP contribution in [0.25, 0.3) is 12.2 Å². The van der Waals surface area contributed by atoms with E-state index in [0.717, 1.165) is 44.4 Å². The van der Waals surface area contributed by atoms with Crippen molar-refractivity contribution in [3.8, 4) is 0 Å². The predicted molar refractivity (Wildman–Crippen MR) is 247 cm³/mol. The van der Waals surface area contributed by atoms with E-state index in [0.29, 0.717) is 50.6 Å². The van der Waals surface area contributed by atoms with E-state index in [1.54, 1.807) is 42.5 Å². The third kappa shape index (κ3) is 16.2. The molecule has 0 atom stereocenters. The molecule has 0 heterocycles. The quantitative estimate of drug-likeness (QED) is 0.0799. The van der Waals surface area contributed by atoms with Gasteiger partial charge in [0, 0.05) is 69.7 Å². The van der Waals surface area contributed by atoms with E-state index in [1.807, 2.05) is 48.5 Å². The number of nitrogens with one attached hydrogen (secondary N) is 2. The van der Waals surface area contributed by atoms with Crippen molar-refractivity contribution in [2.24, 2.45) is 33.1 Å². The van der Waals surface area contributed by atoms with Crippen LogP contribution in [-0.4, -0.2) is 79.9 Å². The van der Waals surface area contributed by atoms with Gasteiger partial charge in [-0.15, -0.1) is 0 Å². The van der Waals surface area contributed by atoms with Crippen molar-refractivity contribution < 1.29 is 54.0 Å². The number of carboxylic acid groups (broad SMARTS) is 4. The average molecular weight is 894 g/mol. The van der Waals surface area contributed by atoms with Gasteiger partial charge in [-0.3, -0.25) is 49.3 Å². The first-order chi connectivity index (χ1) is 30.8. The number of fused-ring (bicyclic) bond motifs is 2. The van der Waals surface area contributed by atoms with Crippen LogP contribution in [0.15, 0.2) is 101 Å². The number of hydrazone groups is 2. The number of anilines is 3. The van der Waals surface area contributed by atoms with Crippen LogP contribution in [0, 0.1) is 0 Å². The molecular weight excluding hydrogens is 843 g/mol. The molecule has 2 aliphatic rings. The summed E-state index contributed by atoms with van der Waals surface area (Å²) >= 11 is 0. The number of aliphatic carboxylic acids is 4. The van der Waals surface area contributed by atoms with Crippen LogP contribution >= 0.6 is 0 Å². The number of nitrogens with two attached hydrogens (primary N) is 4. The van der Waals surface area contributed by atoms with Crippen LogP contribution < -0.4 is 38.7 Å². The molecule has 20 nitrogen and oxygen atoms in total. The summed E-state index contributed by atoms with van der Waals surface area (Å²) in [4.78, 5) is 76.8. The molecule has 14 N–H and O–H groups in total. The van der Waals surface area contributed by atoms with E-state index in [1.165, 1.54) is 17.1 Å². The van der Waals surface area contributed by atoms with Crippen LogP contribution in [0.1, 0.15) is 77.0 Å². The number of rotatable bonds is 10. The average Bonchev–Trinajstić information content (AvgIpc) is 3.25. The van der Waals surface area contributed by atoms with E-state index in [9.17, 15) is 14.4 Å². The number of amides is 1.